The predicted molar refractivity (Wildman–Crippen MR) is 54.0 cm³/mol. The van der Waals surface area contributed by atoms with E-state index in [0.29, 0.717) is 0 Å². The molecule has 1 aromatic carbocycles. The molecule has 2 N–H and O–H groups in total. The first kappa shape index (κ1) is 9.77. The Morgan fingerprint density at radius 3 is 2.75 bits per heavy atom. The minimum atomic E-state index is -1.31. The van der Waals surface area contributed by atoms with Crippen LogP contribution in [0.4, 0.5) is 0 Å². The standard InChI is InChI=1S/C8H11NOS2/c1-2-7-5-3-4-6-8(7)11-12(9)10/h3-6H,2,9H2,1H3. The number of benzene rings is 1. The summed E-state index contributed by atoms with van der Waals surface area (Å²) in [5, 5.41) is 5.18. The largest absolute Gasteiger partial charge is 0.242 e. The van der Waals surface area contributed by atoms with Gasteiger partial charge in [-0.25, -0.2) is 9.35 Å². The summed E-state index contributed by atoms with van der Waals surface area (Å²) in [5.74, 6) is 0. The van der Waals surface area contributed by atoms with Crippen molar-refractivity contribution in [2.45, 2.75) is 18.2 Å². The molecule has 1 atom stereocenters. The van der Waals surface area contributed by atoms with Crippen LogP contribution in [-0.4, -0.2) is 4.21 Å². The summed E-state index contributed by atoms with van der Waals surface area (Å²) in [6.45, 7) is 2.07. The number of hydrogen-bond donors (Lipinski definition) is 1. The second-order valence-corrected chi connectivity index (χ2v) is 4.92. The third-order valence-electron chi connectivity index (χ3n) is 1.53. The lowest BCUT2D eigenvalue weighted by atomic mass is 10.2. The normalized spacial score (nSPS) is 12.8. The van der Waals surface area contributed by atoms with Crippen LogP contribution in [0.25, 0.3) is 0 Å². The first-order chi connectivity index (χ1) is 5.74. The molecule has 0 aliphatic carbocycles. The maximum atomic E-state index is 10.7. The summed E-state index contributed by atoms with van der Waals surface area (Å²) in [7, 11) is -0.112. The van der Waals surface area contributed by atoms with Crippen molar-refractivity contribution in [2.24, 2.45) is 5.14 Å². The summed E-state index contributed by atoms with van der Waals surface area (Å²) in [5.41, 5.74) is 1.20. The first-order valence-corrected chi connectivity index (χ1v) is 6.21. The van der Waals surface area contributed by atoms with Gasteiger partial charge in [0.1, 0.15) is 0 Å². The highest BCUT2D eigenvalue weighted by molar-refractivity contribution is 8.68. The maximum Gasteiger partial charge on any atom is 0.155 e. The maximum absolute atomic E-state index is 10.7. The molecule has 0 bridgehead atoms. The second kappa shape index (κ2) is 4.64. The highest BCUT2D eigenvalue weighted by Gasteiger charge is 2.01. The summed E-state index contributed by atoms with van der Waals surface area (Å²) >= 11 is 0. The van der Waals surface area contributed by atoms with Crippen LogP contribution in [0.3, 0.4) is 0 Å². The molecule has 0 fully saturated rings. The quantitative estimate of drug-likeness (QED) is 0.759. The van der Waals surface area contributed by atoms with Crippen molar-refractivity contribution in [3.63, 3.8) is 0 Å². The lowest BCUT2D eigenvalue weighted by molar-refractivity contribution is 0.692. The lowest BCUT2D eigenvalue weighted by Gasteiger charge is -2.03. The molecule has 0 aliphatic heterocycles. The Labute approximate surface area is 78.5 Å². The molecule has 1 aromatic rings. The summed E-state index contributed by atoms with van der Waals surface area (Å²) < 4.78 is 10.7. The van der Waals surface area contributed by atoms with Crippen LogP contribution in [0.15, 0.2) is 29.2 Å². The smallest absolute Gasteiger partial charge is 0.155 e. The Balaban J connectivity index is 2.89. The Morgan fingerprint density at radius 1 is 1.50 bits per heavy atom. The Morgan fingerprint density at radius 2 is 2.17 bits per heavy atom. The molecule has 12 heavy (non-hydrogen) atoms. The zero-order valence-corrected chi connectivity index (χ0v) is 8.45. The summed E-state index contributed by atoms with van der Waals surface area (Å²) in [6.07, 6.45) is 0.945. The fourth-order valence-corrected chi connectivity index (χ4v) is 2.61. The van der Waals surface area contributed by atoms with Crippen LogP contribution in [-0.2, 0) is 16.4 Å². The van der Waals surface area contributed by atoms with E-state index in [4.69, 9.17) is 5.14 Å². The zero-order valence-electron chi connectivity index (χ0n) is 6.82. The van der Waals surface area contributed by atoms with E-state index in [-0.39, 0.29) is 0 Å². The monoisotopic (exact) mass is 201 g/mol. The van der Waals surface area contributed by atoms with Crippen molar-refractivity contribution < 1.29 is 4.21 Å². The van der Waals surface area contributed by atoms with E-state index in [9.17, 15) is 4.21 Å². The van der Waals surface area contributed by atoms with Crippen molar-refractivity contribution in [1.29, 1.82) is 0 Å². The van der Waals surface area contributed by atoms with Crippen LogP contribution >= 0.6 is 10.8 Å². The van der Waals surface area contributed by atoms with Gasteiger partial charge in [-0.3, -0.25) is 0 Å². The molecule has 66 valence electrons. The molecule has 0 radical (unpaired) electrons. The molecule has 0 aliphatic rings. The van der Waals surface area contributed by atoms with Crippen LogP contribution in [0.5, 0.6) is 0 Å². The summed E-state index contributed by atoms with van der Waals surface area (Å²) in [6, 6.07) is 7.86. The highest BCUT2D eigenvalue weighted by Crippen LogP contribution is 2.23. The fourth-order valence-electron chi connectivity index (χ4n) is 0.966. The molecular weight excluding hydrogens is 190 g/mol. The number of aryl methyl sites for hydroxylation is 1. The van der Waals surface area contributed by atoms with Gasteiger partial charge in [0.2, 0.25) is 0 Å². The van der Waals surface area contributed by atoms with Gasteiger partial charge in [0, 0.05) is 4.90 Å². The van der Waals surface area contributed by atoms with Gasteiger partial charge in [-0.05, 0) is 28.8 Å². The molecule has 0 aromatic heterocycles. The van der Waals surface area contributed by atoms with E-state index in [1.807, 2.05) is 24.3 Å². The summed E-state index contributed by atoms with van der Waals surface area (Å²) in [4.78, 5) is 1.01. The van der Waals surface area contributed by atoms with Gasteiger partial charge in [0.15, 0.2) is 10.0 Å². The second-order valence-electron chi connectivity index (χ2n) is 2.31. The molecule has 0 heterocycles. The molecule has 0 saturated heterocycles. The fraction of sp³-hybridized carbons (Fsp3) is 0.250. The van der Waals surface area contributed by atoms with Gasteiger partial charge in [-0.15, -0.1) is 0 Å². The van der Waals surface area contributed by atoms with E-state index < -0.39 is 10.0 Å². The minimum absolute atomic E-state index is 0.945. The van der Waals surface area contributed by atoms with Crippen molar-refractivity contribution in [3.05, 3.63) is 29.8 Å². The van der Waals surface area contributed by atoms with Crippen LogP contribution in [0.1, 0.15) is 12.5 Å². The third kappa shape index (κ3) is 2.62. The first-order valence-electron chi connectivity index (χ1n) is 3.66. The Hall–Kier alpha value is -0.320. The van der Waals surface area contributed by atoms with E-state index in [2.05, 4.69) is 6.92 Å². The molecule has 0 saturated carbocycles. The number of rotatable bonds is 3. The zero-order chi connectivity index (χ0) is 8.97. The van der Waals surface area contributed by atoms with Crippen LogP contribution in [0.2, 0.25) is 0 Å². The van der Waals surface area contributed by atoms with Gasteiger partial charge >= 0.3 is 0 Å². The van der Waals surface area contributed by atoms with Crippen molar-refractivity contribution in [2.75, 3.05) is 0 Å². The number of nitrogens with two attached hydrogens (primary N) is 1. The SMILES string of the molecule is CCc1ccccc1SS(N)=O. The lowest BCUT2D eigenvalue weighted by Crippen LogP contribution is -1.96. The van der Waals surface area contributed by atoms with Crippen LogP contribution in [0, 0.1) is 0 Å². The van der Waals surface area contributed by atoms with E-state index in [1.165, 1.54) is 16.4 Å². The van der Waals surface area contributed by atoms with Crippen molar-refractivity contribution in [1.82, 2.24) is 0 Å². The van der Waals surface area contributed by atoms with E-state index in [1.54, 1.807) is 0 Å². The molecule has 1 unspecified atom stereocenters. The predicted octanol–water partition coefficient (Wildman–Crippen LogP) is 1.88. The molecular formula is C8H11NOS2. The Bertz CT molecular complexity index is 288. The molecule has 0 spiro atoms. The van der Waals surface area contributed by atoms with Gasteiger partial charge in [0.25, 0.3) is 0 Å². The van der Waals surface area contributed by atoms with Crippen molar-refractivity contribution >= 4 is 20.8 Å². The average molecular weight is 201 g/mol. The van der Waals surface area contributed by atoms with Gasteiger partial charge in [0.05, 0.1) is 0 Å². The Kier molecular flexibility index (Phi) is 3.78. The molecule has 0 amide bonds. The van der Waals surface area contributed by atoms with Gasteiger partial charge < -0.3 is 0 Å². The minimum Gasteiger partial charge on any atom is -0.242 e. The van der Waals surface area contributed by atoms with E-state index in [0.717, 1.165) is 11.3 Å². The van der Waals surface area contributed by atoms with Gasteiger partial charge in [-0.1, -0.05) is 25.1 Å². The van der Waals surface area contributed by atoms with Crippen LogP contribution < -0.4 is 5.14 Å². The van der Waals surface area contributed by atoms with E-state index >= 15 is 0 Å². The molecule has 4 heteroatoms. The molecule has 1 rings (SSSR count). The average Bonchev–Trinajstić information content (AvgIpc) is 2.04. The van der Waals surface area contributed by atoms with Gasteiger partial charge in [-0.2, -0.15) is 0 Å². The third-order valence-corrected chi connectivity index (χ3v) is 3.30. The highest BCUT2D eigenvalue weighted by atomic mass is 33.1. The van der Waals surface area contributed by atoms with Crippen molar-refractivity contribution in [3.8, 4) is 0 Å². The topological polar surface area (TPSA) is 43.1 Å². The number of hydrogen-bond acceptors (Lipinski definition) is 2. The molecule has 2 nitrogen and oxygen atoms in total.